The number of para-hydroxylation sites is 1. The highest BCUT2D eigenvalue weighted by molar-refractivity contribution is 8.00. The number of halogens is 2. The Balaban J connectivity index is 2.11. The molecule has 0 aliphatic heterocycles. The van der Waals surface area contributed by atoms with Crippen LogP contribution in [0.1, 0.15) is 18.7 Å². The zero-order valence-electron chi connectivity index (χ0n) is 10.1. The molecule has 1 aromatic heterocycles. The van der Waals surface area contributed by atoms with E-state index < -0.39 is 0 Å². The van der Waals surface area contributed by atoms with Gasteiger partial charge in [-0.15, -0.1) is 11.6 Å². The number of imidazole rings is 1. The fraction of sp³-hybridized carbons (Fsp3) is 0.462. The van der Waals surface area contributed by atoms with Crippen LogP contribution in [-0.4, -0.2) is 20.6 Å². The monoisotopic (exact) mass is 284 g/mol. The lowest BCUT2D eigenvalue weighted by Crippen LogP contribution is -2.15. The topological polar surface area (TPSA) is 17.8 Å². The van der Waals surface area contributed by atoms with Gasteiger partial charge in [0, 0.05) is 11.3 Å². The lowest BCUT2D eigenvalue weighted by atomic mass is 10.3. The predicted molar refractivity (Wildman–Crippen MR) is 74.7 cm³/mol. The van der Waals surface area contributed by atoms with Crippen molar-refractivity contribution < 1.29 is 4.39 Å². The number of hydrogen-bond acceptors (Lipinski definition) is 2. The van der Waals surface area contributed by atoms with Crippen molar-refractivity contribution in [2.45, 2.75) is 30.0 Å². The predicted octanol–water partition coefficient (Wildman–Crippen LogP) is 3.81. The van der Waals surface area contributed by atoms with E-state index in [-0.39, 0.29) is 5.82 Å². The number of alkyl halides is 1. The second-order valence-corrected chi connectivity index (χ2v) is 6.28. The first kappa shape index (κ1) is 12.3. The summed E-state index contributed by atoms with van der Waals surface area (Å²) in [4.78, 5) is 4.32. The summed E-state index contributed by atoms with van der Waals surface area (Å²) in [6, 6.07) is 5.09. The van der Waals surface area contributed by atoms with Crippen LogP contribution in [0.2, 0.25) is 0 Å². The number of fused-ring (bicyclic) bond motifs is 1. The van der Waals surface area contributed by atoms with Crippen LogP contribution in [0.3, 0.4) is 0 Å². The average Bonchev–Trinajstić information content (AvgIpc) is 3.07. The molecule has 0 spiro atoms. The lowest BCUT2D eigenvalue weighted by molar-refractivity contribution is 0.637. The van der Waals surface area contributed by atoms with Crippen molar-refractivity contribution in [2.75, 3.05) is 6.26 Å². The van der Waals surface area contributed by atoms with Gasteiger partial charge in [-0.2, -0.15) is 11.8 Å². The third-order valence-electron chi connectivity index (χ3n) is 3.62. The summed E-state index contributed by atoms with van der Waals surface area (Å²) in [7, 11) is 0. The van der Waals surface area contributed by atoms with Crippen LogP contribution in [0.15, 0.2) is 18.2 Å². The molecule has 2 aromatic rings. The Kier molecular flexibility index (Phi) is 3.02. The Morgan fingerprint density at radius 2 is 2.28 bits per heavy atom. The fourth-order valence-electron chi connectivity index (χ4n) is 2.29. The van der Waals surface area contributed by atoms with Gasteiger partial charge in [0.1, 0.15) is 11.3 Å². The van der Waals surface area contributed by atoms with Gasteiger partial charge in [-0.3, -0.25) is 0 Å². The fourth-order valence-corrected chi connectivity index (χ4v) is 3.27. The Labute approximate surface area is 115 Å². The minimum atomic E-state index is -0.272. The number of hydrogen-bond donors (Lipinski definition) is 0. The first-order valence-corrected chi connectivity index (χ1v) is 7.70. The molecule has 1 aliphatic rings. The van der Waals surface area contributed by atoms with E-state index in [2.05, 4.69) is 15.8 Å². The van der Waals surface area contributed by atoms with Crippen molar-refractivity contribution in [2.24, 2.45) is 0 Å². The average molecular weight is 285 g/mol. The van der Waals surface area contributed by atoms with Gasteiger partial charge in [-0.05, 0) is 31.2 Å². The molecule has 1 saturated carbocycles. The van der Waals surface area contributed by atoms with Gasteiger partial charge >= 0.3 is 0 Å². The maximum Gasteiger partial charge on any atom is 0.151 e. The van der Waals surface area contributed by atoms with E-state index in [1.165, 1.54) is 18.9 Å². The molecule has 0 bridgehead atoms. The molecule has 96 valence electrons. The smallest absolute Gasteiger partial charge is 0.151 e. The maximum atomic E-state index is 13.7. The molecule has 5 heteroatoms. The molecule has 0 saturated heterocycles. The zero-order chi connectivity index (χ0) is 12.8. The van der Waals surface area contributed by atoms with E-state index in [9.17, 15) is 4.39 Å². The van der Waals surface area contributed by atoms with Gasteiger partial charge in [0.15, 0.2) is 5.82 Å². The second kappa shape index (κ2) is 4.42. The molecule has 1 aliphatic carbocycles. The van der Waals surface area contributed by atoms with E-state index in [0.29, 0.717) is 16.1 Å². The summed E-state index contributed by atoms with van der Waals surface area (Å²) in [5.41, 5.74) is 1.29. The summed E-state index contributed by atoms with van der Waals surface area (Å²) in [6.07, 6.45) is 4.56. The molecule has 3 rings (SSSR count). The minimum absolute atomic E-state index is 0.272. The molecule has 0 N–H and O–H groups in total. The third kappa shape index (κ3) is 1.91. The van der Waals surface area contributed by atoms with Crippen LogP contribution in [0.4, 0.5) is 4.39 Å². The Bertz CT molecular complexity index is 592. The molecule has 0 radical (unpaired) electrons. The molecule has 0 amide bonds. The summed E-state index contributed by atoms with van der Waals surface area (Å²) < 4.78 is 16.1. The van der Waals surface area contributed by atoms with Crippen molar-refractivity contribution in [3.05, 3.63) is 29.8 Å². The van der Waals surface area contributed by atoms with Crippen LogP contribution in [0, 0.1) is 5.82 Å². The van der Waals surface area contributed by atoms with Crippen LogP contribution >= 0.6 is 23.4 Å². The molecular weight excluding hydrogens is 271 g/mol. The van der Waals surface area contributed by atoms with Crippen molar-refractivity contribution in [1.82, 2.24) is 9.55 Å². The largest absolute Gasteiger partial charge is 0.325 e. The van der Waals surface area contributed by atoms with Gasteiger partial charge in [0.05, 0.1) is 11.4 Å². The first-order chi connectivity index (χ1) is 8.69. The van der Waals surface area contributed by atoms with E-state index >= 15 is 0 Å². The molecule has 0 unspecified atom stereocenters. The summed E-state index contributed by atoms with van der Waals surface area (Å²) in [6.45, 7) is 0.871. The zero-order valence-corrected chi connectivity index (χ0v) is 11.7. The van der Waals surface area contributed by atoms with Crippen LogP contribution in [0.25, 0.3) is 11.0 Å². The van der Waals surface area contributed by atoms with Gasteiger partial charge in [0.2, 0.25) is 0 Å². The highest BCUT2D eigenvalue weighted by atomic mass is 35.5. The molecule has 2 nitrogen and oxygen atoms in total. The van der Waals surface area contributed by atoms with E-state index in [4.69, 9.17) is 11.6 Å². The Morgan fingerprint density at radius 3 is 2.89 bits per heavy atom. The standard InChI is InChI=1S/C13H14ClFN2S/c1-18-13(5-6-13)8-17-10-4-2-3-9(15)12(10)16-11(17)7-14/h2-4H,5-8H2,1H3. The molecule has 1 heterocycles. The van der Waals surface area contributed by atoms with Crippen LogP contribution < -0.4 is 0 Å². The van der Waals surface area contributed by atoms with Gasteiger partial charge in [-0.1, -0.05) is 6.07 Å². The van der Waals surface area contributed by atoms with Crippen molar-refractivity contribution in [3.63, 3.8) is 0 Å². The summed E-state index contributed by atoms with van der Waals surface area (Å²) in [5, 5.41) is 0. The molecule has 1 aromatic carbocycles. The summed E-state index contributed by atoms with van der Waals surface area (Å²) in [5.74, 6) is 0.808. The second-order valence-electron chi connectivity index (χ2n) is 4.74. The van der Waals surface area contributed by atoms with Crippen molar-refractivity contribution in [1.29, 1.82) is 0 Å². The van der Waals surface area contributed by atoms with Gasteiger partial charge in [0.25, 0.3) is 0 Å². The van der Waals surface area contributed by atoms with Crippen LogP contribution in [-0.2, 0) is 12.4 Å². The van der Waals surface area contributed by atoms with E-state index in [1.54, 1.807) is 6.07 Å². The van der Waals surface area contributed by atoms with E-state index in [1.807, 2.05) is 17.8 Å². The molecule has 0 atom stereocenters. The van der Waals surface area contributed by atoms with Gasteiger partial charge < -0.3 is 4.57 Å². The number of benzene rings is 1. The van der Waals surface area contributed by atoms with Crippen LogP contribution in [0.5, 0.6) is 0 Å². The first-order valence-electron chi connectivity index (χ1n) is 5.94. The highest BCUT2D eigenvalue weighted by Crippen LogP contribution is 2.49. The lowest BCUT2D eigenvalue weighted by Gasteiger charge is -2.15. The van der Waals surface area contributed by atoms with Crippen molar-refractivity contribution >= 4 is 34.4 Å². The number of rotatable bonds is 4. The maximum absolute atomic E-state index is 13.7. The normalized spacial score (nSPS) is 17.3. The number of thioether (sulfide) groups is 1. The third-order valence-corrected chi connectivity index (χ3v) is 5.26. The summed E-state index contributed by atoms with van der Waals surface area (Å²) >= 11 is 7.82. The van der Waals surface area contributed by atoms with Crippen molar-refractivity contribution in [3.8, 4) is 0 Å². The van der Waals surface area contributed by atoms with E-state index in [0.717, 1.165) is 17.9 Å². The Morgan fingerprint density at radius 1 is 1.50 bits per heavy atom. The molecule has 1 fully saturated rings. The molecule has 18 heavy (non-hydrogen) atoms. The highest BCUT2D eigenvalue weighted by Gasteiger charge is 2.42. The SMILES string of the molecule is CSC1(Cn2c(CCl)nc3c(F)cccc32)CC1. The minimum Gasteiger partial charge on any atom is -0.325 e. The van der Waals surface area contributed by atoms with Gasteiger partial charge in [-0.25, -0.2) is 9.37 Å². The number of nitrogens with zero attached hydrogens (tertiary/aromatic N) is 2. The Hall–Kier alpha value is -0.740. The number of aromatic nitrogens is 2. The quantitative estimate of drug-likeness (QED) is 0.795. The molecular formula is C13H14ClFN2S.